The van der Waals surface area contributed by atoms with E-state index in [1.165, 1.54) is 6.07 Å². The van der Waals surface area contributed by atoms with E-state index >= 15 is 0 Å². The molecule has 0 bridgehead atoms. The highest BCUT2D eigenvalue weighted by molar-refractivity contribution is 6.01. The number of benzene rings is 1. The van der Waals surface area contributed by atoms with Gasteiger partial charge in [0.25, 0.3) is 0 Å². The van der Waals surface area contributed by atoms with E-state index in [0.717, 1.165) is 12.1 Å². The first-order valence-corrected chi connectivity index (χ1v) is 4.54. The lowest BCUT2D eigenvalue weighted by atomic mass is 10.0. The normalized spacial score (nSPS) is 16.1. The first-order chi connectivity index (χ1) is 7.07. The van der Waals surface area contributed by atoms with Crippen molar-refractivity contribution in [1.82, 2.24) is 5.43 Å². The van der Waals surface area contributed by atoms with Crippen molar-refractivity contribution in [2.45, 2.75) is 12.6 Å². The third-order valence-electron chi connectivity index (χ3n) is 2.21. The van der Waals surface area contributed by atoms with E-state index in [9.17, 15) is 13.2 Å². The summed E-state index contributed by atoms with van der Waals surface area (Å²) in [7, 11) is 0. The van der Waals surface area contributed by atoms with Gasteiger partial charge in [-0.05, 0) is 17.7 Å². The maximum atomic E-state index is 12.4. The van der Waals surface area contributed by atoms with Crippen molar-refractivity contribution in [1.29, 1.82) is 0 Å². The largest absolute Gasteiger partial charge is 0.416 e. The molecule has 0 atom stereocenters. The SMILES string of the molecule is FC(F)(F)c1cccc(C2=NNCC2)c1. The van der Waals surface area contributed by atoms with Crippen molar-refractivity contribution in [3.8, 4) is 0 Å². The zero-order valence-electron chi connectivity index (χ0n) is 7.80. The van der Waals surface area contributed by atoms with Gasteiger partial charge in [0.05, 0.1) is 11.3 Å². The summed E-state index contributed by atoms with van der Waals surface area (Å²) < 4.78 is 37.2. The van der Waals surface area contributed by atoms with Crippen molar-refractivity contribution in [3.05, 3.63) is 35.4 Å². The molecule has 1 N–H and O–H groups in total. The maximum Gasteiger partial charge on any atom is 0.416 e. The first-order valence-electron chi connectivity index (χ1n) is 4.54. The van der Waals surface area contributed by atoms with Gasteiger partial charge >= 0.3 is 6.18 Å². The molecule has 0 radical (unpaired) electrons. The average molecular weight is 214 g/mol. The van der Waals surface area contributed by atoms with E-state index in [1.807, 2.05) is 0 Å². The van der Waals surface area contributed by atoms with Crippen LogP contribution >= 0.6 is 0 Å². The number of rotatable bonds is 1. The maximum absolute atomic E-state index is 12.4. The van der Waals surface area contributed by atoms with E-state index in [4.69, 9.17) is 0 Å². The van der Waals surface area contributed by atoms with E-state index < -0.39 is 11.7 Å². The van der Waals surface area contributed by atoms with E-state index in [1.54, 1.807) is 6.07 Å². The second-order valence-electron chi connectivity index (χ2n) is 3.30. The molecule has 0 spiro atoms. The number of nitrogens with one attached hydrogen (secondary N) is 1. The van der Waals surface area contributed by atoms with Gasteiger partial charge in [-0.3, -0.25) is 0 Å². The van der Waals surface area contributed by atoms with Crippen LogP contribution in [0.3, 0.4) is 0 Å². The second-order valence-corrected chi connectivity index (χ2v) is 3.30. The summed E-state index contributed by atoms with van der Waals surface area (Å²) in [6.45, 7) is 0.686. The number of hydrazone groups is 1. The molecule has 0 aliphatic carbocycles. The van der Waals surface area contributed by atoms with Crippen LogP contribution in [0.15, 0.2) is 29.4 Å². The molecule has 2 rings (SSSR count). The number of halogens is 3. The molecular formula is C10H9F3N2. The van der Waals surface area contributed by atoms with Gasteiger partial charge in [0.1, 0.15) is 0 Å². The molecule has 5 heteroatoms. The summed E-state index contributed by atoms with van der Waals surface area (Å²) in [6.07, 6.45) is -3.62. The molecule has 2 nitrogen and oxygen atoms in total. The Hall–Kier alpha value is -1.52. The highest BCUT2D eigenvalue weighted by Gasteiger charge is 2.30. The molecule has 15 heavy (non-hydrogen) atoms. The summed E-state index contributed by atoms with van der Waals surface area (Å²) >= 11 is 0. The molecule has 1 aliphatic heterocycles. The Kier molecular flexibility index (Phi) is 2.38. The molecule has 1 aromatic carbocycles. The quantitative estimate of drug-likeness (QED) is 0.762. The molecular weight excluding hydrogens is 205 g/mol. The molecule has 0 saturated carbocycles. The van der Waals surface area contributed by atoms with Gasteiger partial charge in [-0.1, -0.05) is 12.1 Å². The van der Waals surface area contributed by atoms with Crippen LogP contribution in [-0.4, -0.2) is 12.3 Å². The van der Waals surface area contributed by atoms with Crippen LogP contribution < -0.4 is 5.43 Å². The molecule has 1 aliphatic rings. The number of hydrogen-bond donors (Lipinski definition) is 1. The van der Waals surface area contributed by atoms with Gasteiger partial charge in [-0.15, -0.1) is 0 Å². The topological polar surface area (TPSA) is 24.4 Å². The van der Waals surface area contributed by atoms with Crippen LogP contribution in [0.5, 0.6) is 0 Å². The highest BCUT2D eigenvalue weighted by Crippen LogP contribution is 2.29. The van der Waals surface area contributed by atoms with Crippen LogP contribution in [0.25, 0.3) is 0 Å². The third kappa shape index (κ3) is 2.11. The van der Waals surface area contributed by atoms with Crippen molar-refractivity contribution in [2.75, 3.05) is 6.54 Å². The smallest absolute Gasteiger partial charge is 0.309 e. The summed E-state index contributed by atoms with van der Waals surface area (Å²) in [5.74, 6) is 0. The molecule has 0 saturated heterocycles. The Morgan fingerprint density at radius 2 is 2.07 bits per heavy atom. The number of hydrogen-bond acceptors (Lipinski definition) is 2. The standard InChI is InChI=1S/C10H9F3N2/c11-10(12,13)8-3-1-2-7(6-8)9-4-5-14-15-9/h1-3,6,14H,4-5H2. The van der Waals surface area contributed by atoms with Crippen molar-refractivity contribution in [2.24, 2.45) is 5.10 Å². The Balaban J connectivity index is 2.34. The lowest BCUT2D eigenvalue weighted by molar-refractivity contribution is -0.137. The number of nitrogens with zero attached hydrogens (tertiary/aromatic N) is 1. The Labute approximate surface area is 84.8 Å². The summed E-state index contributed by atoms with van der Waals surface area (Å²) in [5.41, 5.74) is 3.32. The molecule has 80 valence electrons. The molecule has 1 aromatic rings. The van der Waals surface area contributed by atoms with E-state index in [0.29, 0.717) is 24.2 Å². The van der Waals surface area contributed by atoms with E-state index in [-0.39, 0.29) is 0 Å². The fourth-order valence-corrected chi connectivity index (χ4v) is 1.47. The van der Waals surface area contributed by atoms with Crippen LogP contribution in [0.4, 0.5) is 13.2 Å². The molecule has 0 unspecified atom stereocenters. The molecule has 1 heterocycles. The fraction of sp³-hybridized carbons (Fsp3) is 0.300. The number of alkyl halides is 3. The molecule has 0 fully saturated rings. The van der Waals surface area contributed by atoms with Gasteiger partial charge in [0.15, 0.2) is 0 Å². The van der Waals surface area contributed by atoms with Crippen LogP contribution in [0.2, 0.25) is 0 Å². The zero-order chi connectivity index (χ0) is 10.9. The average Bonchev–Trinajstić information content (AvgIpc) is 2.69. The summed E-state index contributed by atoms with van der Waals surface area (Å²) in [4.78, 5) is 0. The van der Waals surface area contributed by atoms with Crippen LogP contribution in [0.1, 0.15) is 17.5 Å². The Bertz CT molecular complexity index is 396. The van der Waals surface area contributed by atoms with Gasteiger partial charge in [0, 0.05) is 13.0 Å². The molecule has 0 aromatic heterocycles. The van der Waals surface area contributed by atoms with Crippen molar-refractivity contribution < 1.29 is 13.2 Å². The summed E-state index contributed by atoms with van der Waals surface area (Å²) in [6, 6.07) is 5.23. The Morgan fingerprint density at radius 3 is 2.67 bits per heavy atom. The van der Waals surface area contributed by atoms with Gasteiger partial charge < -0.3 is 5.43 Å². The minimum atomic E-state index is -4.29. The highest BCUT2D eigenvalue weighted by atomic mass is 19.4. The van der Waals surface area contributed by atoms with Crippen molar-refractivity contribution >= 4 is 5.71 Å². The predicted octanol–water partition coefficient (Wildman–Crippen LogP) is 2.40. The third-order valence-corrected chi connectivity index (χ3v) is 2.21. The second kappa shape index (κ2) is 3.56. The zero-order valence-corrected chi connectivity index (χ0v) is 7.80. The molecule has 0 amide bonds. The lowest BCUT2D eigenvalue weighted by Crippen LogP contribution is -2.07. The summed E-state index contributed by atoms with van der Waals surface area (Å²) in [5, 5.41) is 3.93. The minimum Gasteiger partial charge on any atom is -0.309 e. The lowest BCUT2D eigenvalue weighted by Gasteiger charge is -2.07. The Morgan fingerprint density at radius 1 is 1.27 bits per heavy atom. The van der Waals surface area contributed by atoms with Crippen LogP contribution in [-0.2, 0) is 6.18 Å². The van der Waals surface area contributed by atoms with Crippen molar-refractivity contribution in [3.63, 3.8) is 0 Å². The van der Waals surface area contributed by atoms with E-state index in [2.05, 4.69) is 10.5 Å². The monoisotopic (exact) mass is 214 g/mol. The first kappa shape index (κ1) is 10.0. The van der Waals surface area contributed by atoms with Crippen LogP contribution in [0, 0.1) is 0 Å². The van der Waals surface area contributed by atoms with Gasteiger partial charge in [-0.25, -0.2) is 0 Å². The van der Waals surface area contributed by atoms with Gasteiger partial charge in [0.2, 0.25) is 0 Å². The fourth-order valence-electron chi connectivity index (χ4n) is 1.47. The van der Waals surface area contributed by atoms with Gasteiger partial charge in [-0.2, -0.15) is 18.3 Å². The minimum absolute atomic E-state index is 0.537. The predicted molar refractivity (Wildman–Crippen MR) is 50.6 cm³/mol.